The fourth-order valence-corrected chi connectivity index (χ4v) is 1.93. The van der Waals surface area contributed by atoms with Crippen molar-refractivity contribution in [3.05, 3.63) is 53.6 Å². The lowest BCUT2D eigenvalue weighted by atomic mass is 10.1. The number of ether oxygens (including phenoxy) is 1. The fraction of sp³-hybridized carbons (Fsp3) is 0.0667. The van der Waals surface area contributed by atoms with Crippen molar-refractivity contribution in [1.29, 1.82) is 0 Å². The van der Waals surface area contributed by atoms with Crippen LogP contribution in [0.2, 0.25) is 0 Å². The average molecular weight is 287 g/mol. The molecular weight excluding hydrogens is 274 g/mol. The van der Waals surface area contributed by atoms with Gasteiger partial charge in [0.15, 0.2) is 0 Å². The predicted octanol–water partition coefficient (Wildman–Crippen LogP) is 2.84. The van der Waals surface area contributed by atoms with Gasteiger partial charge in [0, 0.05) is 0 Å². The molecule has 108 valence electrons. The number of para-hydroxylation sites is 3. The molecule has 6 nitrogen and oxygen atoms in total. The second-order valence-corrected chi connectivity index (χ2v) is 4.16. The molecule has 0 spiro atoms. The van der Waals surface area contributed by atoms with Crippen LogP contribution in [0.4, 0.5) is 11.4 Å². The molecular formula is C15H13NO5. The molecule has 0 atom stereocenters. The van der Waals surface area contributed by atoms with Gasteiger partial charge in [0.2, 0.25) is 0 Å². The van der Waals surface area contributed by atoms with Crippen molar-refractivity contribution in [2.75, 3.05) is 12.4 Å². The van der Waals surface area contributed by atoms with Crippen LogP contribution in [0, 0.1) is 0 Å². The van der Waals surface area contributed by atoms with E-state index in [0.29, 0.717) is 11.4 Å². The third-order valence-electron chi connectivity index (χ3n) is 2.89. The van der Waals surface area contributed by atoms with Gasteiger partial charge in [-0.15, -0.1) is 0 Å². The molecule has 0 fully saturated rings. The molecule has 2 aromatic carbocycles. The number of aromatic carboxylic acids is 2. The number of methoxy groups -OCH3 is 1. The minimum atomic E-state index is -1.21. The Morgan fingerprint density at radius 1 is 0.952 bits per heavy atom. The van der Waals surface area contributed by atoms with Crippen LogP contribution in [0.3, 0.4) is 0 Å². The second-order valence-electron chi connectivity index (χ2n) is 4.16. The number of carboxylic acids is 2. The lowest BCUT2D eigenvalue weighted by molar-refractivity contribution is 0.0696. The van der Waals surface area contributed by atoms with E-state index in [9.17, 15) is 19.8 Å². The Labute approximate surface area is 120 Å². The Morgan fingerprint density at radius 2 is 1.52 bits per heavy atom. The van der Waals surface area contributed by atoms with Crippen LogP contribution in [0.5, 0.6) is 5.75 Å². The van der Waals surface area contributed by atoms with Crippen LogP contribution in [-0.2, 0) is 0 Å². The summed E-state index contributed by atoms with van der Waals surface area (Å²) in [7, 11) is 1.47. The van der Waals surface area contributed by atoms with Crippen molar-refractivity contribution in [2.45, 2.75) is 0 Å². The van der Waals surface area contributed by atoms with Gasteiger partial charge in [0.1, 0.15) is 5.75 Å². The molecule has 0 aliphatic heterocycles. The molecule has 3 N–H and O–H groups in total. The number of carbonyl (C=O) groups is 2. The van der Waals surface area contributed by atoms with E-state index in [2.05, 4.69) is 5.32 Å². The van der Waals surface area contributed by atoms with Crippen LogP contribution < -0.4 is 10.1 Å². The number of benzene rings is 2. The Kier molecular flexibility index (Phi) is 4.08. The number of nitrogens with one attached hydrogen (secondary N) is 1. The average Bonchev–Trinajstić information content (AvgIpc) is 2.47. The van der Waals surface area contributed by atoms with Gasteiger partial charge in [-0.3, -0.25) is 0 Å². The Hall–Kier alpha value is -3.02. The maximum atomic E-state index is 11.3. The molecule has 0 radical (unpaired) electrons. The van der Waals surface area contributed by atoms with Crippen molar-refractivity contribution in [3.8, 4) is 5.75 Å². The fourth-order valence-electron chi connectivity index (χ4n) is 1.93. The molecule has 2 rings (SSSR count). The maximum absolute atomic E-state index is 11.3. The lowest BCUT2D eigenvalue weighted by Gasteiger charge is -2.15. The molecule has 0 saturated heterocycles. The number of hydrogen-bond donors (Lipinski definition) is 3. The van der Waals surface area contributed by atoms with Gasteiger partial charge in [-0.1, -0.05) is 18.2 Å². The van der Waals surface area contributed by atoms with Crippen LogP contribution in [0.25, 0.3) is 0 Å². The largest absolute Gasteiger partial charge is 0.495 e. The van der Waals surface area contributed by atoms with Crippen molar-refractivity contribution in [2.24, 2.45) is 0 Å². The highest BCUT2D eigenvalue weighted by Gasteiger charge is 2.19. The van der Waals surface area contributed by atoms with Crippen molar-refractivity contribution < 1.29 is 24.5 Å². The second kappa shape index (κ2) is 5.96. The summed E-state index contributed by atoms with van der Waals surface area (Å²) in [4.78, 5) is 22.6. The quantitative estimate of drug-likeness (QED) is 0.782. The van der Waals surface area contributed by atoms with Gasteiger partial charge in [-0.05, 0) is 24.3 Å². The first-order valence-corrected chi connectivity index (χ1v) is 6.04. The van der Waals surface area contributed by atoms with Crippen molar-refractivity contribution >= 4 is 23.3 Å². The van der Waals surface area contributed by atoms with E-state index in [1.165, 1.54) is 25.3 Å². The molecule has 0 bridgehead atoms. The molecule has 0 aliphatic rings. The summed E-state index contributed by atoms with van der Waals surface area (Å²) in [5, 5.41) is 21.3. The first kappa shape index (κ1) is 14.4. The summed E-state index contributed by atoms with van der Waals surface area (Å²) in [6.07, 6.45) is 0. The SMILES string of the molecule is COc1ccccc1Nc1c(C(=O)O)cccc1C(=O)O. The highest BCUT2D eigenvalue weighted by molar-refractivity contribution is 6.04. The number of carboxylic acid groups (broad SMARTS) is 2. The summed E-state index contributed by atoms with van der Waals surface area (Å²) in [5.74, 6) is -1.94. The maximum Gasteiger partial charge on any atom is 0.337 e. The van der Waals surface area contributed by atoms with E-state index >= 15 is 0 Å². The van der Waals surface area contributed by atoms with E-state index in [1.54, 1.807) is 24.3 Å². The summed E-state index contributed by atoms with van der Waals surface area (Å²) < 4.78 is 5.16. The summed E-state index contributed by atoms with van der Waals surface area (Å²) in [6.45, 7) is 0. The van der Waals surface area contributed by atoms with E-state index < -0.39 is 11.9 Å². The van der Waals surface area contributed by atoms with Gasteiger partial charge >= 0.3 is 11.9 Å². The highest BCUT2D eigenvalue weighted by Crippen LogP contribution is 2.31. The van der Waals surface area contributed by atoms with Gasteiger partial charge < -0.3 is 20.3 Å². The number of hydrogen-bond acceptors (Lipinski definition) is 4. The zero-order chi connectivity index (χ0) is 15.4. The van der Waals surface area contributed by atoms with Gasteiger partial charge in [0.25, 0.3) is 0 Å². The monoisotopic (exact) mass is 287 g/mol. The Bertz CT molecular complexity index is 664. The first-order chi connectivity index (χ1) is 10.0. The molecule has 0 aromatic heterocycles. The Balaban J connectivity index is 2.56. The zero-order valence-corrected chi connectivity index (χ0v) is 11.2. The molecule has 6 heteroatoms. The van der Waals surface area contributed by atoms with E-state index in [4.69, 9.17) is 4.74 Å². The zero-order valence-electron chi connectivity index (χ0n) is 11.2. The van der Waals surface area contributed by atoms with Crippen molar-refractivity contribution in [1.82, 2.24) is 0 Å². The summed E-state index contributed by atoms with van der Waals surface area (Å²) in [5.41, 5.74) is 0.250. The van der Waals surface area contributed by atoms with Crippen LogP contribution >= 0.6 is 0 Å². The molecule has 21 heavy (non-hydrogen) atoms. The summed E-state index contributed by atoms with van der Waals surface area (Å²) in [6, 6.07) is 10.9. The molecule has 0 amide bonds. The van der Waals surface area contributed by atoms with E-state index in [-0.39, 0.29) is 16.8 Å². The third-order valence-corrected chi connectivity index (χ3v) is 2.89. The van der Waals surface area contributed by atoms with Gasteiger partial charge in [-0.25, -0.2) is 9.59 Å². The standard InChI is InChI=1S/C15H13NO5/c1-21-12-8-3-2-7-11(12)16-13-9(14(17)18)5-4-6-10(13)15(19)20/h2-8,16H,1H3,(H,17,18)(H,19,20). The minimum absolute atomic E-state index is 0.0157. The minimum Gasteiger partial charge on any atom is -0.495 e. The normalized spacial score (nSPS) is 9.95. The van der Waals surface area contributed by atoms with E-state index in [0.717, 1.165) is 0 Å². The van der Waals surface area contributed by atoms with Crippen LogP contribution in [-0.4, -0.2) is 29.3 Å². The van der Waals surface area contributed by atoms with Crippen molar-refractivity contribution in [3.63, 3.8) is 0 Å². The topological polar surface area (TPSA) is 95.9 Å². The molecule has 0 heterocycles. The summed E-state index contributed by atoms with van der Waals surface area (Å²) >= 11 is 0. The lowest BCUT2D eigenvalue weighted by Crippen LogP contribution is -2.09. The van der Waals surface area contributed by atoms with Gasteiger partial charge in [-0.2, -0.15) is 0 Å². The molecule has 0 aliphatic carbocycles. The predicted molar refractivity (Wildman–Crippen MR) is 76.6 cm³/mol. The van der Waals surface area contributed by atoms with Crippen LogP contribution in [0.15, 0.2) is 42.5 Å². The molecule has 0 unspecified atom stereocenters. The van der Waals surface area contributed by atoms with Gasteiger partial charge in [0.05, 0.1) is 29.6 Å². The number of rotatable bonds is 5. The highest BCUT2D eigenvalue weighted by atomic mass is 16.5. The smallest absolute Gasteiger partial charge is 0.337 e. The van der Waals surface area contributed by atoms with Crippen LogP contribution in [0.1, 0.15) is 20.7 Å². The van der Waals surface area contributed by atoms with E-state index in [1.807, 2.05) is 0 Å². The molecule has 2 aromatic rings. The third kappa shape index (κ3) is 2.94. The Morgan fingerprint density at radius 3 is 2.05 bits per heavy atom. The first-order valence-electron chi connectivity index (χ1n) is 6.04. The number of anilines is 2. The molecule has 0 saturated carbocycles.